The van der Waals surface area contributed by atoms with E-state index in [-0.39, 0.29) is 11.9 Å². The van der Waals surface area contributed by atoms with Gasteiger partial charge in [-0.2, -0.15) is 0 Å². The van der Waals surface area contributed by atoms with Crippen LogP contribution in [-0.4, -0.2) is 0 Å². The van der Waals surface area contributed by atoms with Gasteiger partial charge < -0.3 is 0 Å². The van der Waals surface area contributed by atoms with Crippen LogP contribution < -0.4 is 11.3 Å². The maximum atomic E-state index is 13.7. The molecule has 0 saturated carbocycles. The minimum absolute atomic E-state index is 0.336. The van der Waals surface area contributed by atoms with E-state index in [1.807, 2.05) is 17.5 Å². The van der Waals surface area contributed by atoms with Crippen LogP contribution in [0.2, 0.25) is 5.02 Å². The lowest BCUT2D eigenvalue weighted by Gasteiger charge is -2.15. The van der Waals surface area contributed by atoms with Crippen LogP contribution in [0.15, 0.2) is 35.7 Å². The Morgan fingerprint density at radius 1 is 1.38 bits per heavy atom. The van der Waals surface area contributed by atoms with Gasteiger partial charge in [0.1, 0.15) is 5.82 Å². The fourth-order valence-electron chi connectivity index (χ4n) is 1.52. The highest BCUT2D eigenvalue weighted by Gasteiger charge is 2.17. The van der Waals surface area contributed by atoms with Crippen LogP contribution in [0.1, 0.15) is 16.5 Å². The average Bonchev–Trinajstić information content (AvgIpc) is 2.75. The minimum Gasteiger partial charge on any atom is -0.271 e. The van der Waals surface area contributed by atoms with Crippen molar-refractivity contribution in [2.24, 2.45) is 5.84 Å². The smallest absolute Gasteiger partial charge is 0.129 e. The summed E-state index contributed by atoms with van der Waals surface area (Å²) in [5.41, 5.74) is 3.10. The fraction of sp³-hybridized carbons (Fsp3) is 0.0909. The van der Waals surface area contributed by atoms with Gasteiger partial charge in [-0.25, -0.2) is 9.82 Å². The molecule has 2 nitrogen and oxygen atoms in total. The van der Waals surface area contributed by atoms with Gasteiger partial charge in [0.25, 0.3) is 0 Å². The zero-order chi connectivity index (χ0) is 11.5. The van der Waals surface area contributed by atoms with Gasteiger partial charge in [0, 0.05) is 15.5 Å². The van der Waals surface area contributed by atoms with E-state index in [4.69, 9.17) is 17.4 Å². The molecule has 0 radical (unpaired) electrons. The molecule has 2 rings (SSSR count). The monoisotopic (exact) mass is 256 g/mol. The van der Waals surface area contributed by atoms with Crippen molar-refractivity contribution in [3.05, 3.63) is 57.0 Å². The van der Waals surface area contributed by atoms with E-state index < -0.39 is 0 Å². The standard InChI is InChI=1S/C11H10ClFN2S/c12-7-3-4-8(9(13)6-7)11(15-14)10-2-1-5-16-10/h1-6,11,15H,14H2. The first kappa shape index (κ1) is 11.5. The predicted octanol–water partition coefficient (Wildman–Crippen LogP) is 3.09. The molecule has 0 amide bonds. The average molecular weight is 257 g/mol. The van der Waals surface area contributed by atoms with E-state index >= 15 is 0 Å². The lowest BCUT2D eigenvalue weighted by Crippen LogP contribution is -2.28. The summed E-state index contributed by atoms with van der Waals surface area (Å²) < 4.78 is 13.7. The van der Waals surface area contributed by atoms with Gasteiger partial charge in [0.05, 0.1) is 6.04 Å². The van der Waals surface area contributed by atoms with Gasteiger partial charge in [-0.3, -0.25) is 5.84 Å². The van der Waals surface area contributed by atoms with E-state index in [0.29, 0.717) is 10.6 Å². The molecule has 1 unspecified atom stereocenters. The van der Waals surface area contributed by atoms with Crippen molar-refractivity contribution < 1.29 is 4.39 Å². The molecule has 0 saturated heterocycles. The van der Waals surface area contributed by atoms with Crippen LogP contribution in [0, 0.1) is 5.82 Å². The third kappa shape index (κ3) is 2.25. The summed E-state index contributed by atoms with van der Waals surface area (Å²) in [5, 5.41) is 2.30. The summed E-state index contributed by atoms with van der Waals surface area (Å²) in [6, 6.07) is 8.05. The fourth-order valence-corrected chi connectivity index (χ4v) is 2.48. The summed E-state index contributed by atoms with van der Waals surface area (Å²) >= 11 is 7.22. The second-order valence-corrected chi connectivity index (χ2v) is 4.70. The normalized spacial score (nSPS) is 12.7. The van der Waals surface area contributed by atoms with Gasteiger partial charge in [0.2, 0.25) is 0 Å². The van der Waals surface area contributed by atoms with E-state index in [0.717, 1.165) is 4.88 Å². The zero-order valence-electron chi connectivity index (χ0n) is 8.28. The van der Waals surface area contributed by atoms with Crippen molar-refractivity contribution >= 4 is 22.9 Å². The Bertz CT molecular complexity index is 473. The lowest BCUT2D eigenvalue weighted by molar-refractivity contribution is 0.564. The molecule has 2 aromatic rings. The number of hydrogen-bond acceptors (Lipinski definition) is 3. The van der Waals surface area contributed by atoms with E-state index in [1.165, 1.54) is 17.4 Å². The van der Waals surface area contributed by atoms with Gasteiger partial charge in [0.15, 0.2) is 0 Å². The SMILES string of the molecule is NNC(c1cccs1)c1ccc(Cl)cc1F. The Balaban J connectivity index is 2.41. The maximum Gasteiger partial charge on any atom is 0.129 e. The number of rotatable bonds is 3. The van der Waals surface area contributed by atoms with Crippen LogP contribution in [0.3, 0.4) is 0 Å². The third-order valence-electron chi connectivity index (χ3n) is 2.27. The Morgan fingerprint density at radius 2 is 2.19 bits per heavy atom. The highest BCUT2D eigenvalue weighted by molar-refractivity contribution is 7.10. The summed E-state index contributed by atoms with van der Waals surface area (Å²) in [6.07, 6.45) is 0. The number of nitrogens with two attached hydrogens (primary N) is 1. The molecule has 1 heterocycles. The van der Waals surface area contributed by atoms with Gasteiger partial charge in [-0.15, -0.1) is 11.3 Å². The third-order valence-corrected chi connectivity index (χ3v) is 3.44. The van der Waals surface area contributed by atoms with E-state index in [2.05, 4.69) is 5.43 Å². The van der Waals surface area contributed by atoms with Crippen molar-refractivity contribution in [1.29, 1.82) is 0 Å². The minimum atomic E-state index is -0.358. The van der Waals surface area contributed by atoms with Gasteiger partial charge in [-0.05, 0) is 23.6 Å². The first-order valence-corrected chi connectivity index (χ1v) is 5.92. The summed E-state index contributed by atoms with van der Waals surface area (Å²) in [5.74, 6) is 5.10. The highest BCUT2D eigenvalue weighted by atomic mass is 35.5. The first-order valence-electron chi connectivity index (χ1n) is 4.67. The van der Waals surface area contributed by atoms with Gasteiger partial charge in [-0.1, -0.05) is 23.7 Å². The van der Waals surface area contributed by atoms with Crippen LogP contribution in [0.25, 0.3) is 0 Å². The van der Waals surface area contributed by atoms with Crippen LogP contribution in [0.4, 0.5) is 4.39 Å². The number of thiophene rings is 1. The molecule has 84 valence electrons. The zero-order valence-corrected chi connectivity index (χ0v) is 9.86. The number of benzene rings is 1. The summed E-state index contributed by atoms with van der Waals surface area (Å²) in [4.78, 5) is 0.962. The number of nitrogens with one attached hydrogen (secondary N) is 1. The quantitative estimate of drug-likeness (QED) is 0.654. The van der Waals surface area contributed by atoms with Crippen LogP contribution in [-0.2, 0) is 0 Å². The molecule has 0 fully saturated rings. The number of hydrazine groups is 1. The predicted molar refractivity (Wildman–Crippen MR) is 64.9 cm³/mol. The number of hydrogen-bond donors (Lipinski definition) is 2. The van der Waals surface area contributed by atoms with Crippen LogP contribution in [0.5, 0.6) is 0 Å². The lowest BCUT2D eigenvalue weighted by atomic mass is 10.1. The van der Waals surface area contributed by atoms with Crippen molar-refractivity contribution in [3.8, 4) is 0 Å². The number of halogens is 2. The molecule has 0 aliphatic rings. The highest BCUT2D eigenvalue weighted by Crippen LogP contribution is 2.28. The Labute approximate surface area is 102 Å². The molecular formula is C11H10ClFN2S. The molecule has 1 aromatic heterocycles. The van der Waals surface area contributed by atoms with Crippen molar-refractivity contribution in [2.75, 3.05) is 0 Å². The van der Waals surface area contributed by atoms with Crippen molar-refractivity contribution in [3.63, 3.8) is 0 Å². The topological polar surface area (TPSA) is 38.0 Å². The molecule has 1 aromatic carbocycles. The molecule has 0 bridgehead atoms. The Hall–Kier alpha value is -0.940. The molecule has 5 heteroatoms. The maximum absolute atomic E-state index is 13.7. The first-order chi connectivity index (χ1) is 7.72. The summed E-state index contributed by atoms with van der Waals surface area (Å²) in [7, 11) is 0. The second kappa shape index (κ2) is 4.93. The molecule has 0 aliphatic carbocycles. The molecular weight excluding hydrogens is 247 g/mol. The van der Waals surface area contributed by atoms with Crippen molar-refractivity contribution in [2.45, 2.75) is 6.04 Å². The molecule has 0 spiro atoms. The molecule has 0 aliphatic heterocycles. The van der Waals surface area contributed by atoms with Gasteiger partial charge >= 0.3 is 0 Å². The van der Waals surface area contributed by atoms with Crippen molar-refractivity contribution in [1.82, 2.24) is 5.43 Å². The molecule has 1 atom stereocenters. The molecule has 3 N–H and O–H groups in total. The van der Waals surface area contributed by atoms with Crippen LogP contribution >= 0.6 is 22.9 Å². The Kier molecular flexibility index (Phi) is 3.56. The second-order valence-electron chi connectivity index (χ2n) is 3.28. The van der Waals surface area contributed by atoms with E-state index in [1.54, 1.807) is 12.1 Å². The molecule has 16 heavy (non-hydrogen) atoms. The summed E-state index contributed by atoms with van der Waals surface area (Å²) in [6.45, 7) is 0. The Morgan fingerprint density at radius 3 is 2.75 bits per heavy atom. The largest absolute Gasteiger partial charge is 0.271 e. The van der Waals surface area contributed by atoms with E-state index in [9.17, 15) is 4.39 Å².